The minimum absolute atomic E-state index is 0.321. The molecule has 0 spiro atoms. The van der Waals surface area contributed by atoms with Gasteiger partial charge in [0.05, 0.1) is 25.3 Å². The van der Waals surface area contributed by atoms with Crippen LogP contribution in [0.15, 0.2) is 6.07 Å². The Balaban J connectivity index is 2.51. The quantitative estimate of drug-likeness (QED) is 0.797. The van der Waals surface area contributed by atoms with Crippen LogP contribution in [-0.4, -0.2) is 26.2 Å². The summed E-state index contributed by atoms with van der Waals surface area (Å²) < 4.78 is 9.72. The highest BCUT2D eigenvalue weighted by molar-refractivity contribution is 6.05. The summed E-state index contributed by atoms with van der Waals surface area (Å²) in [7, 11) is 2.66. The van der Waals surface area contributed by atoms with Gasteiger partial charge in [-0.25, -0.2) is 9.59 Å². The van der Waals surface area contributed by atoms with Crippen molar-refractivity contribution in [1.29, 1.82) is 0 Å². The first-order valence-corrected chi connectivity index (χ1v) is 7.79. The fraction of sp³-hybridized carbons (Fsp3) is 0.556. The fourth-order valence-corrected chi connectivity index (χ4v) is 3.45. The molecule has 0 bridgehead atoms. The molecule has 120 valence electrons. The predicted octanol–water partition coefficient (Wildman–Crippen LogP) is 3.61. The summed E-state index contributed by atoms with van der Waals surface area (Å²) in [5.74, 6) is -0.296. The van der Waals surface area contributed by atoms with Crippen molar-refractivity contribution in [2.24, 2.45) is 5.92 Å². The third-order valence-corrected chi connectivity index (χ3v) is 4.65. The largest absolute Gasteiger partial charge is 0.465 e. The Labute approximate surface area is 131 Å². The van der Waals surface area contributed by atoms with Gasteiger partial charge in [-0.2, -0.15) is 0 Å². The van der Waals surface area contributed by atoms with E-state index in [0.717, 1.165) is 23.1 Å². The Kier molecular flexibility index (Phi) is 5.22. The fourth-order valence-electron chi connectivity index (χ4n) is 3.45. The highest BCUT2D eigenvalue weighted by Gasteiger charge is 2.26. The van der Waals surface area contributed by atoms with Gasteiger partial charge in [0.15, 0.2) is 0 Å². The lowest BCUT2D eigenvalue weighted by atomic mass is 9.87. The van der Waals surface area contributed by atoms with Gasteiger partial charge >= 0.3 is 11.9 Å². The smallest absolute Gasteiger partial charge is 0.339 e. The first-order chi connectivity index (χ1) is 10.5. The minimum atomic E-state index is -0.492. The van der Waals surface area contributed by atoms with E-state index in [2.05, 4.69) is 0 Å². The maximum Gasteiger partial charge on any atom is 0.339 e. The third-order valence-electron chi connectivity index (χ3n) is 4.65. The number of benzene rings is 1. The molecule has 0 aromatic heterocycles. The van der Waals surface area contributed by atoms with Crippen LogP contribution in [-0.2, 0) is 15.9 Å². The molecule has 4 nitrogen and oxygen atoms in total. The lowest BCUT2D eigenvalue weighted by Gasteiger charge is -2.18. The molecule has 0 saturated heterocycles. The van der Waals surface area contributed by atoms with E-state index >= 15 is 0 Å². The number of ether oxygens (including phenoxy) is 2. The molecule has 2 rings (SSSR count). The third kappa shape index (κ3) is 3.16. The van der Waals surface area contributed by atoms with E-state index in [1.807, 2.05) is 19.9 Å². The maximum atomic E-state index is 12.2. The molecular weight excluding hydrogens is 280 g/mol. The summed E-state index contributed by atoms with van der Waals surface area (Å²) in [6, 6.07) is 2.02. The molecule has 0 heterocycles. The highest BCUT2D eigenvalue weighted by Crippen LogP contribution is 2.32. The molecule has 0 N–H and O–H groups in total. The standard InChI is InChI=1S/C18H24O4/c1-11-9-14(10-13-7-5-6-8-13)12(2)16(18(20)22-4)15(11)17(19)21-3/h9,13H,5-8,10H2,1-4H3. The Morgan fingerprint density at radius 3 is 2.14 bits per heavy atom. The van der Waals surface area contributed by atoms with Crippen molar-refractivity contribution in [3.8, 4) is 0 Å². The van der Waals surface area contributed by atoms with Gasteiger partial charge < -0.3 is 9.47 Å². The maximum absolute atomic E-state index is 12.2. The Morgan fingerprint density at radius 1 is 1.05 bits per heavy atom. The highest BCUT2D eigenvalue weighted by atomic mass is 16.5. The van der Waals surface area contributed by atoms with Gasteiger partial charge in [-0.1, -0.05) is 31.7 Å². The lowest BCUT2D eigenvalue weighted by Crippen LogP contribution is -2.17. The van der Waals surface area contributed by atoms with E-state index in [-0.39, 0.29) is 0 Å². The molecule has 22 heavy (non-hydrogen) atoms. The topological polar surface area (TPSA) is 52.6 Å². The van der Waals surface area contributed by atoms with Gasteiger partial charge in [0, 0.05) is 0 Å². The summed E-state index contributed by atoms with van der Waals surface area (Å²) in [4.78, 5) is 24.2. The van der Waals surface area contributed by atoms with Crippen LogP contribution in [0, 0.1) is 19.8 Å². The number of hydrogen-bond donors (Lipinski definition) is 0. The Hall–Kier alpha value is -1.84. The van der Waals surface area contributed by atoms with Crippen molar-refractivity contribution in [2.45, 2.75) is 46.0 Å². The molecule has 1 aliphatic carbocycles. The molecule has 1 saturated carbocycles. The van der Waals surface area contributed by atoms with Crippen LogP contribution in [0.3, 0.4) is 0 Å². The van der Waals surface area contributed by atoms with Crippen LogP contribution in [0.5, 0.6) is 0 Å². The van der Waals surface area contributed by atoms with Gasteiger partial charge in [0.2, 0.25) is 0 Å². The second-order valence-corrected chi connectivity index (χ2v) is 6.07. The molecule has 0 unspecified atom stereocenters. The molecule has 4 heteroatoms. The molecule has 1 aliphatic rings. The molecule has 0 amide bonds. The number of methoxy groups -OCH3 is 2. The predicted molar refractivity (Wildman–Crippen MR) is 84.3 cm³/mol. The zero-order valence-corrected chi connectivity index (χ0v) is 13.8. The van der Waals surface area contributed by atoms with Gasteiger partial charge in [-0.15, -0.1) is 0 Å². The van der Waals surface area contributed by atoms with Crippen molar-refractivity contribution in [1.82, 2.24) is 0 Å². The van der Waals surface area contributed by atoms with Crippen LogP contribution < -0.4 is 0 Å². The first-order valence-electron chi connectivity index (χ1n) is 7.79. The first kappa shape index (κ1) is 16.5. The monoisotopic (exact) mass is 304 g/mol. The van der Waals surface area contributed by atoms with Crippen molar-refractivity contribution < 1.29 is 19.1 Å². The lowest BCUT2D eigenvalue weighted by molar-refractivity contribution is 0.0553. The van der Waals surface area contributed by atoms with Crippen LogP contribution in [0.2, 0.25) is 0 Å². The number of esters is 2. The van der Waals surface area contributed by atoms with Gasteiger partial charge in [-0.3, -0.25) is 0 Å². The van der Waals surface area contributed by atoms with E-state index in [1.54, 1.807) is 0 Å². The molecule has 1 fully saturated rings. The molecule has 0 atom stereocenters. The summed E-state index contributed by atoms with van der Waals surface area (Å²) in [6.07, 6.45) is 6.01. The number of hydrogen-bond acceptors (Lipinski definition) is 4. The van der Waals surface area contributed by atoms with E-state index in [9.17, 15) is 9.59 Å². The second kappa shape index (κ2) is 6.95. The SMILES string of the molecule is COC(=O)c1c(C)cc(CC2CCCC2)c(C)c1C(=O)OC. The van der Waals surface area contributed by atoms with E-state index in [4.69, 9.17) is 9.47 Å². The average molecular weight is 304 g/mol. The summed E-state index contributed by atoms with van der Waals surface area (Å²) in [5, 5.41) is 0. The summed E-state index contributed by atoms with van der Waals surface area (Å²) in [5.41, 5.74) is 3.41. The van der Waals surface area contributed by atoms with Crippen LogP contribution >= 0.6 is 0 Å². The number of aryl methyl sites for hydroxylation is 1. The van der Waals surface area contributed by atoms with Crippen LogP contribution in [0.25, 0.3) is 0 Å². The second-order valence-electron chi connectivity index (χ2n) is 6.07. The normalized spacial score (nSPS) is 14.9. The zero-order chi connectivity index (χ0) is 16.3. The van der Waals surface area contributed by atoms with E-state index in [1.165, 1.54) is 39.9 Å². The molecular formula is C18H24O4. The summed E-state index contributed by atoms with van der Waals surface area (Å²) >= 11 is 0. The molecule has 1 aromatic rings. The Bertz CT molecular complexity index is 583. The van der Waals surface area contributed by atoms with Crippen molar-refractivity contribution in [3.05, 3.63) is 33.9 Å². The van der Waals surface area contributed by atoms with Crippen LogP contribution in [0.1, 0.15) is 63.1 Å². The molecule has 0 aliphatic heterocycles. The average Bonchev–Trinajstić information content (AvgIpc) is 3.01. The van der Waals surface area contributed by atoms with Gasteiger partial charge in [0.25, 0.3) is 0 Å². The number of rotatable bonds is 4. The number of carbonyl (C=O) groups excluding carboxylic acids is 2. The zero-order valence-electron chi connectivity index (χ0n) is 13.8. The van der Waals surface area contributed by atoms with E-state index in [0.29, 0.717) is 17.0 Å². The number of carbonyl (C=O) groups is 2. The van der Waals surface area contributed by atoms with Crippen LogP contribution in [0.4, 0.5) is 0 Å². The summed E-state index contributed by atoms with van der Waals surface area (Å²) in [6.45, 7) is 3.73. The van der Waals surface area contributed by atoms with Gasteiger partial charge in [0.1, 0.15) is 0 Å². The van der Waals surface area contributed by atoms with Crippen molar-refractivity contribution in [2.75, 3.05) is 14.2 Å². The minimum Gasteiger partial charge on any atom is -0.465 e. The van der Waals surface area contributed by atoms with E-state index < -0.39 is 11.9 Å². The molecule has 0 radical (unpaired) electrons. The van der Waals surface area contributed by atoms with Gasteiger partial charge in [-0.05, 0) is 42.9 Å². The Morgan fingerprint density at radius 2 is 1.59 bits per heavy atom. The molecule has 1 aromatic carbocycles. The van der Waals surface area contributed by atoms with Crippen molar-refractivity contribution in [3.63, 3.8) is 0 Å². The van der Waals surface area contributed by atoms with Crippen molar-refractivity contribution >= 4 is 11.9 Å².